The normalized spacial score (nSPS) is 28.5. The number of carboxylic acids is 1. The average Bonchev–Trinajstić information content (AvgIpc) is 2.42. The Bertz CT molecular complexity index is 397. The fourth-order valence-corrected chi connectivity index (χ4v) is 2.77. The molecular weight excluding hydrogens is 272 g/mol. The molecular formula is C15H28N2O4. The zero-order chi connectivity index (χ0) is 16.3. The third kappa shape index (κ3) is 3.37. The van der Waals surface area contributed by atoms with Crippen molar-refractivity contribution in [1.29, 1.82) is 0 Å². The van der Waals surface area contributed by atoms with Gasteiger partial charge in [0.05, 0.1) is 6.10 Å². The van der Waals surface area contributed by atoms with Crippen LogP contribution in [-0.4, -0.2) is 41.3 Å². The van der Waals surface area contributed by atoms with E-state index in [1.54, 1.807) is 0 Å². The van der Waals surface area contributed by atoms with Crippen LogP contribution in [0.1, 0.15) is 53.4 Å². The van der Waals surface area contributed by atoms with Crippen molar-refractivity contribution in [3.05, 3.63) is 0 Å². The number of nitrogens with one attached hydrogen (secondary N) is 1. The highest BCUT2D eigenvalue weighted by molar-refractivity contribution is 5.92. The maximum atomic E-state index is 12.4. The maximum Gasteiger partial charge on any atom is 0.326 e. The minimum absolute atomic E-state index is 0.0721. The van der Waals surface area contributed by atoms with Gasteiger partial charge >= 0.3 is 5.97 Å². The highest BCUT2D eigenvalue weighted by Gasteiger charge is 2.63. The van der Waals surface area contributed by atoms with E-state index in [-0.39, 0.29) is 6.10 Å². The Hall–Kier alpha value is -1.14. The van der Waals surface area contributed by atoms with Crippen LogP contribution in [0.2, 0.25) is 0 Å². The molecule has 0 aromatic carbocycles. The van der Waals surface area contributed by atoms with Crippen LogP contribution in [0.3, 0.4) is 0 Å². The van der Waals surface area contributed by atoms with Gasteiger partial charge in [-0.15, -0.1) is 0 Å². The number of rotatable bonds is 8. The van der Waals surface area contributed by atoms with Gasteiger partial charge < -0.3 is 20.9 Å². The first-order valence-corrected chi connectivity index (χ1v) is 7.65. The molecule has 6 heteroatoms. The van der Waals surface area contributed by atoms with Gasteiger partial charge in [-0.2, -0.15) is 0 Å². The van der Waals surface area contributed by atoms with Gasteiger partial charge in [-0.05, 0) is 13.3 Å². The van der Waals surface area contributed by atoms with Crippen molar-refractivity contribution in [1.82, 2.24) is 5.32 Å². The number of unbranched alkanes of at least 4 members (excludes halogenated alkanes) is 1. The molecule has 1 aliphatic carbocycles. The number of nitrogens with two attached hydrogens (primary N) is 1. The molecule has 0 radical (unpaired) electrons. The molecule has 1 fully saturated rings. The second-order valence-electron chi connectivity index (χ2n) is 6.35. The van der Waals surface area contributed by atoms with Crippen LogP contribution in [0.5, 0.6) is 0 Å². The first kappa shape index (κ1) is 17.9. The van der Waals surface area contributed by atoms with E-state index in [9.17, 15) is 14.7 Å². The molecule has 0 aromatic heterocycles. The van der Waals surface area contributed by atoms with Crippen molar-refractivity contribution in [3.63, 3.8) is 0 Å². The Labute approximate surface area is 126 Å². The number of amides is 1. The summed E-state index contributed by atoms with van der Waals surface area (Å²) in [6.07, 6.45) is 2.39. The summed E-state index contributed by atoms with van der Waals surface area (Å²) in [5, 5.41) is 11.8. The first-order chi connectivity index (χ1) is 9.70. The summed E-state index contributed by atoms with van der Waals surface area (Å²) in [4.78, 5) is 23.7. The van der Waals surface area contributed by atoms with Gasteiger partial charge in [0.2, 0.25) is 5.91 Å². The molecule has 1 saturated carbocycles. The number of carboxylic acid groups (broad SMARTS) is 1. The first-order valence-electron chi connectivity index (χ1n) is 7.65. The molecule has 4 N–H and O–H groups in total. The van der Waals surface area contributed by atoms with E-state index in [1.807, 2.05) is 27.7 Å². The number of carbonyl (C=O) groups is 2. The summed E-state index contributed by atoms with van der Waals surface area (Å²) < 4.78 is 5.58. The minimum atomic E-state index is -1.08. The summed E-state index contributed by atoms with van der Waals surface area (Å²) in [6, 6.07) is -0.875. The Kier molecular flexibility index (Phi) is 5.75. The molecule has 3 atom stereocenters. The Balaban J connectivity index is 2.72. The van der Waals surface area contributed by atoms with Crippen LogP contribution < -0.4 is 11.1 Å². The third-order valence-corrected chi connectivity index (χ3v) is 4.68. The van der Waals surface area contributed by atoms with Crippen LogP contribution >= 0.6 is 0 Å². The zero-order valence-electron chi connectivity index (χ0n) is 13.4. The van der Waals surface area contributed by atoms with Crippen molar-refractivity contribution in [3.8, 4) is 0 Å². The molecule has 0 aromatic rings. The molecule has 122 valence electrons. The second kappa shape index (κ2) is 6.75. The molecule has 0 aliphatic heterocycles. The number of hydrogen-bond acceptors (Lipinski definition) is 4. The van der Waals surface area contributed by atoms with E-state index >= 15 is 0 Å². The largest absolute Gasteiger partial charge is 0.480 e. The lowest BCUT2D eigenvalue weighted by molar-refractivity contribution is -0.172. The average molecular weight is 300 g/mol. The maximum absolute atomic E-state index is 12.4. The summed E-state index contributed by atoms with van der Waals surface area (Å²) in [5.41, 5.74) is 4.65. The van der Waals surface area contributed by atoms with Gasteiger partial charge in [-0.25, -0.2) is 4.79 Å². The van der Waals surface area contributed by atoms with Crippen LogP contribution in [0.4, 0.5) is 0 Å². The lowest BCUT2D eigenvalue weighted by atomic mass is 9.54. The van der Waals surface area contributed by atoms with E-state index in [1.165, 1.54) is 0 Å². The summed E-state index contributed by atoms with van der Waals surface area (Å²) in [7, 11) is 0. The van der Waals surface area contributed by atoms with Gasteiger partial charge in [-0.1, -0.05) is 33.6 Å². The molecule has 0 spiro atoms. The summed E-state index contributed by atoms with van der Waals surface area (Å²) >= 11 is 0. The highest BCUT2D eigenvalue weighted by atomic mass is 16.5. The van der Waals surface area contributed by atoms with Gasteiger partial charge in [0.15, 0.2) is 0 Å². The summed E-state index contributed by atoms with van der Waals surface area (Å²) in [6.45, 7) is 8.22. The fourth-order valence-electron chi connectivity index (χ4n) is 2.77. The topological polar surface area (TPSA) is 102 Å². The van der Waals surface area contributed by atoms with E-state index in [0.29, 0.717) is 19.4 Å². The lowest BCUT2D eigenvalue weighted by Gasteiger charge is -2.57. The second-order valence-corrected chi connectivity index (χ2v) is 6.35. The number of hydrogen-bond donors (Lipinski definition) is 3. The van der Waals surface area contributed by atoms with Crippen molar-refractivity contribution in [2.75, 3.05) is 6.61 Å². The molecule has 0 heterocycles. The number of aliphatic carboxylic acids is 1. The zero-order valence-corrected chi connectivity index (χ0v) is 13.4. The van der Waals surface area contributed by atoms with Gasteiger partial charge in [0, 0.05) is 18.4 Å². The Morgan fingerprint density at radius 3 is 2.48 bits per heavy atom. The fraction of sp³-hybridized carbons (Fsp3) is 0.867. The molecule has 6 nitrogen and oxygen atoms in total. The molecule has 1 amide bonds. The molecule has 21 heavy (non-hydrogen) atoms. The van der Waals surface area contributed by atoms with Crippen molar-refractivity contribution >= 4 is 11.9 Å². The Morgan fingerprint density at radius 2 is 2.05 bits per heavy atom. The monoisotopic (exact) mass is 300 g/mol. The van der Waals surface area contributed by atoms with Crippen molar-refractivity contribution in [2.24, 2.45) is 11.1 Å². The molecule has 0 bridgehead atoms. The molecule has 0 saturated heterocycles. The third-order valence-electron chi connectivity index (χ3n) is 4.68. The standard InChI is InChI=1S/C15H28N2O4/c1-5-7-8-10(12(18)19)17-13(20)15(16)9-11(21-6-2)14(15,3)4/h10-11H,5-9,16H2,1-4H3,(H,17,20)(H,18,19)/t10-,11?,15?/m0/s1. The predicted octanol–water partition coefficient (Wildman–Crippen LogP) is 1.28. The molecule has 1 aliphatic rings. The smallest absolute Gasteiger partial charge is 0.326 e. The van der Waals surface area contributed by atoms with Gasteiger partial charge in [0.1, 0.15) is 11.6 Å². The molecule has 1 rings (SSSR count). The van der Waals surface area contributed by atoms with Crippen LogP contribution in [0.15, 0.2) is 0 Å². The van der Waals surface area contributed by atoms with Gasteiger partial charge in [0.25, 0.3) is 0 Å². The van der Waals surface area contributed by atoms with Crippen LogP contribution in [0.25, 0.3) is 0 Å². The van der Waals surface area contributed by atoms with Crippen molar-refractivity contribution in [2.45, 2.75) is 71.1 Å². The quantitative estimate of drug-likeness (QED) is 0.627. The van der Waals surface area contributed by atoms with E-state index in [2.05, 4.69) is 5.32 Å². The highest BCUT2D eigenvalue weighted by Crippen LogP contribution is 2.49. The number of carbonyl (C=O) groups excluding carboxylic acids is 1. The lowest BCUT2D eigenvalue weighted by Crippen LogP contribution is -2.76. The van der Waals surface area contributed by atoms with Crippen molar-refractivity contribution < 1.29 is 19.4 Å². The van der Waals surface area contributed by atoms with E-state index < -0.39 is 28.9 Å². The summed E-state index contributed by atoms with van der Waals surface area (Å²) in [5.74, 6) is -1.41. The van der Waals surface area contributed by atoms with Crippen LogP contribution in [-0.2, 0) is 14.3 Å². The number of ether oxygens (including phenoxy) is 1. The van der Waals surface area contributed by atoms with Gasteiger partial charge in [-0.3, -0.25) is 4.79 Å². The molecule has 2 unspecified atom stereocenters. The van der Waals surface area contributed by atoms with E-state index in [4.69, 9.17) is 10.5 Å². The SMILES string of the molecule is CCCC[C@H](NC(=O)C1(N)CC(OCC)C1(C)C)C(=O)O. The van der Waals surface area contributed by atoms with Crippen LogP contribution in [0, 0.1) is 5.41 Å². The van der Waals surface area contributed by atoms with E-state index in [0.717, 1.165) is 12.8 Å². The predicted molar refractivity (Wildman–Crippen MR) is 79.8 cm³/mol. The minimum Gasteiger partial charge on any atom is -0.480 e. The Morgan fingerprint density at radius 1 is 1.43 bits per heavy atom.